The minimum absolute atomic E-state index is 0.813. The summed E-state index contributed by atoms with van der Waals surface area (Å²) >= 11 is 0. The summed E-state index contributed by atoms with van der Waals surface area (Å²) in [6.45, 7) is 4.97. The number of rotatable bonds is 0. The van der Waals surface area contributed by atoms with Gasteiger partial charge in [-0.15, -0.1) is 0 Å². The summed E-state index contributed by atoms with van der Waals surface area (Å²) in [5.74, 6) is 0. The van der Waals surface area contributed by atoms with Crippen LogP contribution in [0.3, 0.4) is 0 Å². The van der Waals surface area contributed by atoms with Crippen molar-refractivity contribution in [2.75, 3.05) is 0 Å². The predicted octanol–water partition coefficient (Wildman–Crippen LogP) is 2.28. The molecule has 0 aliphatic carbocycles. The molecule has 0 aromatic heterocycles. The van der Waals surface area contributed by atoms with E-state index in [1.165, 1.54) is 0 Å². The van der Waals surface area contributed by atoms with Gasteiger partial charge in [-0.25, -0.2) is 0 Å². The first kappa shape index (κ1) is 4.86. The van der Waals surface area contributed by atoms with Gasteiger partial charge < -0.3 is 0 Å². The van der Waals surface area contributed by atoms with E-state index in [-0.39, 0.29) is 0 Å². The lowest BCUT2D eigenvalue weighted by molar-refractivity contribution is 1.72. The molecular weight excluding hydrogens is 98.1 g/mol. The van der Waals surface area contributed by atoms with Crippen molar-refractivity contribution in [1.29, 1.82) is 0 Å². The van der Waals surface area contributed by atoms with Crippen LogP contribution in [-0.2, 0) is 0 Å². The highest BCUT2D eigenvalue weighted by molar-refractivity contribution is 5.43. The lowest BCUT2D eigenvalue weighted by atomic mass is 10.3. The van der Waals surface area contributed by atoms with Crippen LogP contribution in [0.15, 0.2) is 30.3 Å². The highest BCUT2D eigenvalue weighted by atomic mass is 14.6. The topological polar surface area (TPSA) is 4.36 Å². The Bertz CT molecular complexity index is 195. The molecule has 0 aliphatic heterocycles. The minimum atomic E-state index is 0.813. The number of para-hydroxylation sites is 1. The second kappa shape index (κ2) is 2.13. The van der Waals surface area contributed by atoms with Crippen molar-refractivity contribution in [3.63, 3.8) is 0 Å². The summed E-state index contributed by atoms with van der Waals surface area (Å²) in [6, 6.07) is 9.41. The maximum Gasteiger partial charge on any atom is 0.339 e. The van der Waals surface area contributed by atoms with Gasteiger partial charge in [-0.05, 0) is 4.85 Å². The highest BCUT2D eigenvalue weighted by Gasteiger charge is 1.91. The van der Waals surface area contributed by atoms with E-state index >= 15 is 0 Å². The Morgan fingerprint density at radius 3 is 2.12 bits per heavy atom. The smallest absolute Gasteiger partial charge is 0.0617 e. The van der Waals surface area contributed by atoms with Crippen molar-refractivity contribution >= 4 is 5.69 Å². The van der Waals surface area contributed by atoms with Gasteiger partial charge in [-0.2, -0.15) is 0 Å². The van der Waals surface area contributed by atoms with E-state index < -0.39 is 0 Å². The third-order valence-corrected chi connectivity index (χ3v) is 0.905. The molecule has 1 nitrogen and oxygen atoms in total. The Balaban J connectivity index is 3.05. The second-order valence-corrected chi connectivity index (χ2v) is 1.46. The molecule has 0 N–H and O–H groups in total. The zero-order chi connectivity index (χ0) is 5.82. The van der Waals surface area contributed by atoms with E-state index in [1.807, 2.05) is 30.3 Å². The van der Waals surface area contributed by atoms with Crippen LogP contribution in [-0.4, -0.2) is 0 Å². The van der Waals surface area contributed by atoms with E-state index in [4.69, 9.17) is 6.57 Å². The molecular formula is C7H6N+. The predicted molar refractivity (Wildman–Crippen MR) is 34.4 cm³/mol. The molecule has 0 heterocycles. The first-order valence-electron chi connectivity index (χ1n) is 2.39. The standard InChI is InChI=1S/C7H6N/c1-8-7-5-3-2-4-6-7/h1-6H/q+1. The molecule has 0 amide bonds. The van der Waals surface area contributed by atoms with Gasteiger partial charge in [0.2, 0.25) is 0 Å². The molecule has 0 saturated carbocycles. The molecule has 0 radical (unpaired) electrons. The summed E-state index contributed by atoms with van der Waals surface area (Å²) in [6.07, 6.45) is 0. The molecule has 1 heteroatoms. The second-order valence-electron chi connectivity index (χ2n) is 1.46. The van der Waals surface area contributed by atoms with Crippen LogP contribution in [0.25, 0.3) is 4.85 Å². The van der Waals surface area contributed by atoms with Crippen molar-refractivity contribution < 1.29 is 0 Å². The van der Waals surface area contributed by atoms with Crippen molar-refractivity contribution in [1.82, 2.24) is 0 Å². The maximum absolute atomic E-state index is 4.97. The van der Waals surface area contributed by atoms with Gasteiger partial charge in [0, 0.05) is 12.1 Å². The normalized spacial score (nSPS) is 7.88. The van der Waals surface area contributed by atoms with Gasteiger partial charge in [0.1, 0.15) is 0 Å². The molecule has 0 fully saturated rings. The molecule has 0 spiro atoms. The molecule has 0 saturated heterocycles. The summed E-state index contributed by atoms with van der Waals surface area (Å²) in [5.41, 5.74) is 0.813. The monoisotopic (exact) mass is 104 g/mol. The maximum atomic E-state index is 4.97. The molecule has 38 valence electrons. The Kier molecular flexibility index (Phi) is 1.29. The van der Waals surface area contributed by atoms with Crippen LogP contribution in [0.4, 0.5) is 5.69 Å². The average molecular weight is 104 g/mol. The van der Waals surface area contributed by atoms with Gasteiger partial charge in [-0.3, -0.25) is 0 Å². The lowest BCUT2D eigenvalue weighted by Crippen LogP contribution is -1.54. The molecule has 8 heavy (non-hydrogen) atoms. The fourth-order valence-corrected chi connectivity index (χ4v) is 0.514. The number of benzene rings is 1. The Labute approximate surface area is 48.4 Å². The van der Waals surface area contributed by atoms with Crippen molar-refractivity contribution in [2.45, 2.75) is 0 Å². The zero-order valence-corrected chi connectivity index (χ0v) is 4.41. The van der Waals surface area contributed by atoms with E-state index in [1.54, 1.807) is 0 Å². The lowest BCUT2D eigenvalue weighted by Gasteiger charge is -1.71. The highest BCUT2D eigenvalue weighted by Crippen LogP contribution is 2.07. The van der Waals surface area contributed by atoms with Crippen LogP contribution in [0, 0.1) is 6.57 Å². The van der Waals surface area contributed by atoms with E-state index in [9.17, 15) is 0 Å². The summed E-state index contributed by atoms with van der Waals surface area (Å²) in [7, 11) is 0. The van der Waals surface area contributed by atoms with Gasteiger partial charge in [0.05, 0.1) is 0 Å². The third-order valence-electron chi connectivity index (χ3n) is 0.905. The number of nitrogens with zero attached hydrogens (tertiary/aromatic N) is 1. The molecule has 0 unspecified atom stereocenters. The van der Waals surface area contributed by atoms with Crippen LogP contribution in [0.5, 0.6) is 0 Å². The number of hydrogen-bond donors (Lipinski definition) is 0. The van der Waals surface area contributed by atoms with Gasteiger partial charge in [0.15, 0.2) is 0 Å². The Morgan fingerprint density at radius 2 is 1.75 bits per heavy atom. The molecule has 0 aliphatic rings. The van der Waals surface area contributed by atoms with Crippen LogP contribution in [0.1, 0.15) is 0 Å². The zero-order valence-electron chi connectivity index (χ0n) is 4.41. The molecule has 1 aromatic carbocycles. The fraction of sp³-hybridized carbons (Fsp3) is 0. The minimum Gasteiger partial charge on any atom is -0.0617 e. The first-order chi connectivity index (χ1) is 3.93. The van der Waals surface area contributed by atoms with E-state index in [0.29, 0.717) is 0 Å². The third kappa shape index (κ3) is 0.855. The van der Waals surface area contributed by atoms with E-state index in [0.717, 1.165) is 5.69 Å². The SMILES string of the molecule is C#[N+]c1ccccc1. The molecule has 0 bridgehead atoms. The average Bonchev–Trinajstić information content (AvgIpc) is 1.90. The van der Waals surface area contributed by atoms with Gasteiger partial charge in [0.25, 0.3) is 6.57 Å². The van der Waals surface area contributed by atoms with Crippen LogP contribution < -0.4 is 0 Å². The Morgan fingerprint density at radius 1 is 1.12 bits per heavy atom. The van der Waals surface area contributed by atoms with Crippen molar-refractivity contribution in [2.24, 2.45) is 0 Å². The van der Waals surface area contributed by atoms with Crippen molar-refractivity contribution in [3.8, 4) is 6.57 Å². The Hall–Kier alpha value is -1.29. The quantitative estimate of drug-likeness (QED) is 0.475. The summed E-state index contributed by atoms with van der Waals surface area (Å²) in [5, 5.41) is 0. The van der Waals surface area contributed by atoms with Crippen LogP contribution >= 0.6 is 0 Å². The largest absolute Gasteiger partial charge is 0.339 e. The summed E-state index contributed by atoms with van der Waals surface area (Å²) in [4.78, 5) is 3.47. The molecule has 1 rings (SSSR count). The van der Waals surface area contributed by atoms with E-state index in [2.05, 4.69) is 4.85 Å². The van der Waals surface area contributed by atoms with Crippen molar-refractivity contribution in [3.05, 3.63) is 35.2 Å². The van der Waals surface area contributed by atoms with Gasteiger partial charge in [-0.1, -0.05) is 18.2 Å². The summed E-state index contributed by atoms with van der Waals surface area (Å²) < 4.78 is 0. The number of hydrogen-bond acceptors (Lipinski definition) is 0. The van der Waals surface area contributed by atoms with Crippen LogP contribution in [0.2, 0.25) is 0 Å². The molecule has 1 aromatic rings. The first-order valence-corrected chi connectivity index (χ1v) is 2.39. The fourth-order valence-electron chi connectivity index (χ4n) is 0.514. The van der Waals surface area contributed by atoms with Gasteiger partial charge >= 0.3 is 5.69 Å². The molecule has 0 atom stereocenters.